The van der Waals surface area contributed by atoms with Gasteiger partial charge in [-0.3, -0.25) is 9.98 Å². The SMILES string of the molecule is Cc1cc(C)c(N=Cc2cccc(C=Nc3c(C)cc(C)cc3C)n2)c(C)c1.[Cl-].[Cl-].[Cl-].[Nd+3]. The van der Waals surface area contributed by atoms with Gasteiger partial charge in [-0.2, -0.15) is 0 Å². The molecule has 32 heavy (non-hydrogen) atoms. The Hall–Kier alpha value is -0.849. The summed E-state index contributed by atoms with van der Waals surface area (Å²) in [6.07, 6.45) is 3.65. The second-order valence-corrected chi connectivity index (χ2v) is 7.50. The fourth-order valence-corrected chi connectivity index (χ4v) is 3.63. The summed E-state index contributed by atoms with van der Waals surface area (Å²) in [5, 5.41) is 0. The minimum Gasteiger partial charge on any atom is -1.00 e. The Balaban J connectivity index is 0. The Morgan fingerprint density at radius 3 is 1.22 bits per heavy atom. The van der Waals surface area contributed by atoms with Gasteiger partial charge in [-0.1, -0.05) is 41.5 Å². The van der Waals surface area contributed by atoms with Crippen LogP contribution in [-0.4, -0.2) is 17.4 Å². The first-order valence-electron chi connectivity index (χ1n) is 9.54. The van der Waals surface area contributed by atoms with Gasteiger partial charge in [0.2, 0.25) is 0 Å². The molecule has 3 aromatic rings. The molecule has 1 aromatic heterocycles. The van der Waals surface area contributed by atoms with Crippen molar-refractivity contribution in [2.24, 2.45) is 9.98 Å². The molecule has 0 spiro atoms. The van der Waals surface area contributed by atoms with Crippen molar-refractivity contribution in [2.75, 3.05) is 0 Å². The number of pyridine rings is 1. The Bertz CT molecular complexity index is 967. The summed E-state index contributed by atoms with van der Waals surface area (Å²) >= 11 is 0. The van der Waals surface area contributed by atoms with E-state index in [9.17, 15) is 0 Å². The zero-order valence-electron chi connectivity index (χ0n) is 19.2. The van der Waals surface area contributed by atoms with Gasteiger partial charge in [0.25, 0.3) is 0 Å². The van der Waals surface area contributed by atoms with Gasteiger partial charge >= 0.3 is 40.8 Å². The van der Waals surface area contributed by atoms with E-state index in [-0.39, 0.29) is 78.1 Å². The number of aryl methyl sites for hydroxylation is 6. The first-order valence-corrected chi connectivity index (χ1v) is 9.54. The molecule has 0 N–H and O–H groups in total. The standard InChI is InChI=1S/C25H27N3.3ClH.Nd/c1-16-10-18(3)24(19(4)11-16)26-14-22-8-7-9-23(28-22)15-27-25-20(5)12-17(2)13-21(25)6;;;;/h7-15H,1-6H3;3*1H;/q;;;;+3/p-3. The predicted molar refractivity (Wildman–Crippen MR) is 120 cm³/mol. The molecule has 0 unspecified atom stereocenters. The zero-order valence-corrected chi connectivity index (χ0v) is 24.6. The zero-order chi connectivity index (χ0) is 20.3. The summed E-state index contributed by atoms with van der Waals surface area (Å²) in [6.45, 7) is 12.6. The van der Waals surface area contributed by atoms with Crippen LogP contribution >= 0.6 is 0 Å². The maximum atomic E-state index is 4.68. The molecule has 3 nitrogen and oxygen atoms in total. The summed E-state index contributed by atoms with van der Waals surface area (Å²) in [4.78, 5) is 14.0. The van der Waals surface area contributed by atoms with Crippen LogP contribution in [0.5, 0.6) is 0 Å². The van der Waals surface area contributed by atoms with Crippen molar-refractivity contribution < 1.29 is 78.1 Å². The van der Waals surface area contributed by atoms with E-state index in [1.165, 1.54) is 33.4 Å². The molecule has 0 fully saturated rings. The van der Waals surface area contributed by atoms with E-state index in [1.54, 1.807) is 0 Å². The number of hydrogen-bond donors (Lipinski definition) is 0. The molecule has 0 aliphatic rings. The van der Waals surface area contributed by atoms with Gasteiger partial charge in [-0.25, -0.2) is 4.98 Å². The summed E-state index contributed by atoms with van der Waals surface area (Å²) < 4.78 is 0. The average Bonchev–Trinajstić information content (AvgIpc) is 2.60. The smallest absolute Gasteiger partial charge is 1.00 e. The Morgan fingerprint density at radius 1 is 0.594 bits per heavy atom. The molecule has 7 heteroatoms. The van der Waals surface area contributed by atoms with E-state index in [0.29, 0.717) is 0 Å². The largest absolute Gasteiger partial charge is 3.00 e. The molecule has 167 valence electrons. The third-order valence-electron chi connectivity index (χ3n) is 4.71. The fourth-order valence-electron chi connectivity index (χ4n) is 3.63. The van der Waals surface area contributed by atoms with Crippen LogP contribution < -0.4 is 37.2 Å². The molecule has 1 heterocycles. The summed E-state index contributed by atoms with van der Waals surface area (Å²) in [5.74, 6) is 0. The van der Waals surface area contributed by atoms with Gasteiger partial charge in [-0.15, -0.1) is 0 Å². The van der Waals surface area contributed by atoms with Crippen LogP contribution in [0.15, 0.2) is 52.4 Å². The molecule has 0 aliphatic carbocycles. The van der Waals surface area contributed by atoms with Crippen LogP contribution in [0, 0.1) is 82.4 Å². The number of aliphatic imine (C=N–C) groups is 2. The van der Waals surface area contributed by atoms with E-state index in [4.69, 9.17) is 0 Å². The molecular formula is C25H27Cl3N3Nd. The van der Waals surface area contributed by atoms with Crippen LogP contribution in [0.3, 0.4) is 0 Å². The van der Waals surface area contributed by atoms with Crippen molar-refractivity contribution in [2.45, 2.75) is 41.5 Å². The van der Waals surface area contributed by atoms with E-state index < -0.39 is 0 Å². The van der Waals surface area contributed by atoms with Crippen LogP contribution in [-0.2, 0) is 0 Å². The molecule has 0 saturated heterocycles. The normalized spacial score (nSPS) is 10.2. The van der Waals surface area contributed by atoms with Crippen LogP contribution in [0.1, 0.15) is 44.8 Å². The van der Waals surface area contributed by atoms with Crippen molar-refractivity contribution in [3.05, 3.63) is 87.2 Å². The van der Waals surface area contributed by atoms with Crippen LogP contribution in [0.4, 0.5) is 11.4 Å². The van der Waals surface area contributed by atoms with Gasteiger partial charge < -0.3 is 37.2 Å². The minimum atomic E-state index is 0. The second kappa shape index (κ2) is 15.1. The molecule has 0 amide bonds. The van der Waals surface area contributed by atoms with Crippen molar-refractivity contribution >= 4 is 23.8 Å². The van der Waals surface area contributed by atoms with Crippen molar-refractivity contribution in [1.29, 1.82) is 0 Å². The topological polar surface area (TPSA) is 37.6 Å². The number of aromatic nitrogens is 1. The van der Waals surface area contributed by atoms with E-state index in [2.05, 4.69) is 80.8 Å². The maximum absolute atomic E-state index is 4.68. The summed E-state index contributed by atoms with van der Waals surface area (Å²) in [6, 6.07) is 14.5. The monoisotopic (exact) mass is 616 g/mol. The van der Waals surface area contributed by atoms with Crippen LogP contribution in [0.2, 0.25) is 0 Å². The fraction of sp³-hybridized carbons (Fsp3) is 0.240. The number of hydrogen-bond acceptors (Lipinski definition) is 3. The first-order chi connectivity index (χ1) is 13.3. The third-order valence-corrected chi connectivity index (χ3v) is 4.71. The molecule has 0 saturated carbocycles. The molecule has 0 aliphatic heterocycles. The Labute approximate surface area is 243 Å². The summed E-state index contributed by atoms with van der Waals surface area (Å²) in [7, 11) is 0. The van der Waals surface area contributed by atoms with Crippen LogP contribution in [0.25, 0.3) is 0 Å². The van der Waals surface area contributed by atoms with Gasteiger partial charge in [0, 0.05) is 0 Å². The quantitative estimate of drug-likeness (QED) is 0.297. The minimum absolute atomic E-state index is 0. The second-order valence-electron chi connectivity index (χ2n) is 7.50. The molecular weight excluding hydrogens is 593 g/mol. The third kappa shape index (κ3) is 8.83. The van der Waals surface area contributed by atoms with Gasteiger partial charge in [0.1, 0.15) is 0 Å². The first kappa shape index (κ1) is 33.3. The van der Waals surface area contributed by atoms with E-state index in [1.807, 2.05) is 30.6 Å². The number of halogens is 3. The molecule has 2 aromatic carbocycles. The van der Waals surface area contributed by atoms with E-state index in [0.717, 1.165) is 22.8 Å². The molecule has 0 bridgehead atoms. The Morgan fingerprint density at radius 2 is 0.906 bits per heavy atom. The van der Waals surface area contributed by atoms with Gasteiger partial charge in [0.15, 0.2) is 0 Å². The molecule has 1 radical (unpaired) electrons. The van der Waals surface area contributed by atoms with Gasteiger partial charge in [0.05, 0.1) is 35.2 Å². The van der Waals surface area contributed by atoms with Crippen molar-refractivity contribution in [1.82, 2.24) is 4.98 Å². The number of rotatable bonds is 4. The van der Waals surface area contributed by atoms with Crippen molar-refractivity contribution in [3.8, 4) is 0 Å². The number of nitrogens with zero attached hydrogens (tertiary/aromatic N) is 3. The predicted octanol–water partition coefficient (Wildman–Crippen LogP) is -2.55. The Kier molecular flexibility index (Phi) is 15.8. The number of benzene rings is 2. The van der Waals surface area contributed by atoms with Crippen molar-refractivity contribution in [3.63, 3.8) is 0 Å². The maximum Gasteiger partial charge on any atom is 3.00 e. The van der Waals surface area contributed by atoms with Gasteiger partial charge in [-0.05, 0) is 75.9 Å². The summed E-state index contributed by atoms with van der Waals surface area (Å²) in [5.41, 5.74) is 10.9. The average molecular weight is 620 g/mol. The molecule has 0 atom stereocenters. The molecule has 3 rings (SSSR count). The van der Waals surface area contributed by atoms with E-state index >= 15 is 0 Å².